The third-order valence-corrected chi connectivity index (χ3v) is 5.16. The number of benzene rings is 1. The summed E-state index contributed by atoms with van der Waals surface area (Å²) in [6.45, 7) is 6.17. The van der Waals surface area contributed by atoms with Gasteiger partial charge in [-0.15, -0.1) is 11.3 Å². The fourth-order valence-electron chi connectivity index (χ4n) is 2.75. The highest BCUT2D eigenvalue weighted by Gasteiger charge is 2.14. The number of rotatable bonds is 4. The minimum absolute atomic E-state index is 0.346. The number of aryl methyl sites for hydroxylation is 2. The lowest BCUT2D eigenvalue weighted by molar-refractivity contribution is 0.251. The molecule has 1 saturated heterocycles. The van der Waals surface area contributed by atoms with Gasteiger partial charge in [0.15, 0.2) is 0 Å². The van der Waals surface area contributed by atoms with E-state index in [2.05, 4.69) is 20.5 Å². The van der Waals surface area contributed by atoms with Crippen LogP contribution in [0.3, 0.4) is 0 Å². The number of hydrogen-bond acceptors (Lipinski definition) is 4. The lowest BCUT2D eigenvalue weighted by atomic mass is 10.2. The van der Waals surface area contributed by atoms with Crippen molar-refractivity contribution < 1.29 is 9.18 Å². The highest BCUT2D eigenvalue weighted by atomic mass is 32.1. The van der Waals surface area contributed by atoms with E-state index in [0.717, 1.165) is 47.2 Å². The summed E-state index contributed by atoms with van der Waals surface area (Å²) in [5, 5.41) is 6.32. The van der Waals surface area contributed by atoms with Crippen molar-refractivity contribution >= 4 is 28.7 Å². The minimum atomic E-state index is -0.363. The second kappa shape index (κ2) is 7.17. The summed E-state index contributed by atoms with van der Waals surface area (Å²) in [6.07, 6.45) is 2.23. The Morgan fingerprint density at radius 2 is 2.04 bits per heavy atom. The van der Waals surface area contributed by atoms with Gasteiger partial charge in [0.05, 0.1) is 12.2 Å². The summed E-state index contributed by atoms with van der Waals surface area (Å²) >= 11 is 1.56. The van der Waals surface area contributed by atoms with Crippen LogP contribution in [0.5, 0.6) is 0 Å². The molecule has 5 nitrogen and oxygen atoms in total. The van der Waals surface area contributed by atoms with Crippen LogP contribution in [0.4, 0.5) is 20.6 Å². The van der Waals surface area contributed by atoms with Crippen molar-refractivity contribution in [3.8, 4) is 0 Å². The average molecular weight is 348 g/mol. The molecule has 24 heavy (non-hydrogen) atoms. The molecule has 3 rings (SSSR count). The van der Waals surface area contributed by atoms with Crippen LogP contribution in [0.2, 0.25) is 0 Å². The number of halogens is 1. The number of nitrogens with one attached hydrogen (secondary N) is 2. The molecule has 0 atom stereocenters. The second-order valence-electron chi connectivity index (χ2n) is 5.95. The van der Waals surface area contributed by atoms with Gasteiger partial charge in [-0.2, -0.15) is 0 Å². The van der Waals surface area contributed by atoms with Gasteiger partial charge in [-0.3, -0.25) is 0 Å². The number of aromatic nitrogens is 1. The standard InChI is InChI=1S/C17H21FN4OS/c1-11-12(2)24-16(20-11)10-19-17(23)21-14-7-13(18)8-15(9-14)22-5-3-4-6-22/h7-9H,3-6,10H2,1-2H3,(H2,19,21,23). The van der Waals surface area contributed by atoms with Gasteiger partial charge in [0.2, 0.25) is 0 Å². The lowest BCUT2D eigenvalue weighted by Crippen LogP contribution is -2.28. The second-order valence-corrected chi connectivity index (χ2v) is 7.24. The van der Waals surface area contributed by atoms with Crippen molar-refractivity contribution in [3.05, 3.63) is 39.6 Å². The SMILES string of the molecule is Cc1nc(CNC(=O)Nc2cc(F)cc(N3CCCC3)c2)sc1C. The third kappa shape index (κ3) is 4.03. The Balaban J connectivity index is 1.61. The molecular weight excluding hydrogens is 327 g/mol. The van der Waals surface area contributed by atoms with Gasteiger partial charge in [0, 0.05) is 29.3 Å². The van der Waals surface area contributed by atoms with Gasteiger partial charge in [0.1, 0.15) is 10.8 Å². The molecule has 128 valence electrons. The molecule has 0 saturated carbocycles. The van der Waals surface area contributed by atoms with Gasteiger partial charge in [-0.1, -0.05) is 0 Å². The molecule has 2 amide bonds. The van der Waals surface area contributed by atoms with Gasteiger partial charge in [-0.05, 0) is 44.9 Å². The predicted octanol–water partition coefficient (Wildman–Crippen LogP) is 3.82. The van der Waals surface area contributed by atoms with Crippen molar-refractivity contribution in [2.24, 2.45) is 0 Å². The predicted molar refractivity (Wildman–Crippen MR) is 95.3 cm³/mol. The first-order chi connectivity index (χ1) is 11.5. The first kappa shape index (κ1) is 16.7. The summed E-state index contributed by atoms with van der Waals surface area (Å²) in [5.41, 5.74) is 2.26. The molecule has 1 aliphatic heterocycles. The van der Waals surface area contributed by atoms with Crippen LogP contribution in [-0.2, 0) is 6.54 Å². The Morgan fingerprint density at radius 3 is 2.71 bits per heavy atom. The lowest BCUT2D eigenvalue weighted by Gasteiger charge is -2.18. The fraction of sp³-hybridized carbons (Fsp3) is 0.412. The van der Waals surface area contributed by atoms with Crippen LogP contribution in [0.15, 0.2) is 18.2 Å². The number of carbonyl (C=O) groups excluding carboxylic acids is 1. The number of hydrogen-bond donors (Lipinski definition) is 2. The van der Waals surface area contributed by atoms with Crippen LogP contribution in [0.25, 0.3) is 0 Å². The van der Waals surface area contributed by atoms with E-state index < -0.39 is 0 Å². The monoisotopic (exact) mass is 348 g/mol. The molecule has 7 heteroatoms. The Bertz CT molecular complexity index is 721. The van der Waals surface area contributed by atoms with E-state index in [9.17, 15) is 9.18 Å². The molecular formula is C17H21FN4OS. The van der Waals surface area contributed by atoms with Crippen LogP contribution < -0.4 is 15.5 Å². The van der Waals surface area contributed by atoms with Crippen LogP contribution in [0, 0.1) is 19.7 Å². The highest BCUT2D eigenvalue weighted by Crippen LogP contribution is 2.25. The molecule has 0 unspecified atom stereocenters. The number of urea groups is 1. The van der Waals surface area contributed by atoms with E-state index in [1.807, 2.05) is 19.9 Å². The number of nitrogens with zero attached hydrogens (tertiary/aromatic N) is 2. The zero-order valence-corrected chi connectivity index (χ0v) is 14.7. The molecule has 2 N–H and O–H groups in total. The number of amides is 2. The topological polar surface area (TPSA) is 57.3 Å². The normalized spacial score (nSPS) is 14.0. The first-order valence-electron chi connectivity index (χ1n) is 8.04. The maximum atomic E-state index is 13.8. The fourth-order valence-corrected chi connectivity index (χ4v) is 3.62. The molecule has 0 bridgehead atoms. The molecule has 2 aromatic rings. The number of carbonyl (C=O) groups is 1. The zero-order chi connectivity index (χ0) is 17.1. The maximum Gasteiger partial charge on any atom is 0.319 e. The number of anilines is 2. The molecule has 0 radical (unpaired) electrons. The Hall–Kier alpha value is -2.15. The van der Waals surface area contributed by atoms with E-state index in [1.165, 1.54) is 12.1 Å². The summed E-state index contributed by atoms with van der Waals surface area (Å²) in [7, 11) is 0. The van der Waals surface area contributed by atoms with E-state index in [4.69, 9.17) is 0 Å². The Labute approximate surface area is 144 Å². The maximum absolute atomic E-state index is 13.8. The van der Waals surface area contributed by atoms with Crippen molar-refractivity contribution in [2.45, 2.75) is 33.2 Å². The van der Waals surface area contributed by atoms with E-state index in [-0.39, 0.29) is 11.8 Å². The minimum Gasteiger partial charge on any atom is -0.371 e. The zero-order valence-electron chi connectivity index (χ0n) is 13.9. The summed E-state index contributed by atoms with van der Waals surface area (Å²) in [5.74, 6) is -0.346. The summed E-state index contributed by atoms with van der Waals surface area (Å²) in [6, 6.07) is 4.29. The Kier molecular flexibility index (Phi) is 4.99. The molecule has 1 aliphatic rings. The van der Waals surface area contributed by atoms with Gasteiger partial charge in [0.25, 0.3) is 0 Å². The van der Waals surface area contributed by atoms with Crippen molar-refractivity contribution in [1.82, 2.24) is 10.3 Å². The molecule has 1 fully saturated rings. The van der Waals surface area contributed by atoms with Gasteiger partial charge in [-0.25, -0.2) is 14.2 Å². The van der Waals surface area contributed by atoms with Crippen LogP contribution in [-0.4, -0.2) is 24.1 Å². The summed E-state index contributed by atoms with van der Waals surface area (Å²) in [4.78, 5) is 19.7. The largest absolute Gasteiger partial charge is 0.371 e. The first-order valence-corrected chi connectivity index (χ1v) is 8.86. The average Bonchev–Trinajstić information content (AvgIpc) is 3.15. The molecule has 0 spiro atoms. The van der Waals surface area contributed by atoms with E-state index in [0.29, 0.717) is 12.2 Å². The summed E-state index contributed by atoms with van der Waals surface area (Å²) < 4.78 is 13.8. The van der Waals surface area contributed by atoms with Crippen LogP contribution >= 0.6 is 11.3 Å². The van der Waals surface area contributed by atoms with Crippen LogP contribution in [0.1, 0.15) is 28.4 Å². The van der Waals surface area contributed by atoms with Gasteiger partial charge >= 0.3 is 6.03 Å². The molecule has 2 heterocycles. The Morgan fingerprint density at radius 1 is 1.29 bits per heavy atom. The van der Waals surface area contributed by atoms with Crippen molar-refractivity contribution in [1.29, 1.82) is 0 Å². The van der Waals surface area contributed by atoms with Crippen molar-refractivity contribution in [3.63, 3.8) is 0 Å². The molecule has 1 aromatic heterocycles. The molecule has 1 aromatic carbocycles. The molecule has 0 aliphatic carbocycles. The number of thiazole rings is 1. The third-order valence-electron chi connectivity index (χ3n) is 4.08. The van der Waals surface area contributed by atoms with Crippen molar-refractivity contribution in [2.75, 3.05) is 23.3 Å². The smallest absolute Gasteiger partial charge is 0.319 e. The van der Waals surface area contributed by atoms with Gasteiger partial charge < -0.3 is 15.5 Å². The van der Waals surface area contributed by atoms with E-state index >= 15 is 0 Å². The highest BCUT2D eigenvalue weighted by molar-refractivity contribution is 7.11. The van der Waals surface area contributed by atoms with E-state index in [1.54, 1.807) is 11.3 Å². The quantitative estimate of drug-likeness (QED) is 0.883.